The number of methoxy groups -OCH3 is 1. The van der Waals surface area contributed by atoms with E-state index >= 15 is 0 Å². The number of aromatic carboxylic acids is 1. The fourth-order valence-electron chi connectivity index (χ4n) is 3.33. The Labute approximate surface area is 200 Å². The fraction of sp³-hybridized carbons (Fsp3) is 0.364. The maximum atomic E-state index is 12.6. The first-order valence-electron chi connectivity index (χ1n) is 10.4. The number of benzene rings is 2. The third-order valence-corrected chi connectivity index (χ3v) is 6.44. The Kier molecular flexibility index (Phi) is 9.34. The van der Waals surface area contributed by atoms with Crippen molar-refractivity contribution in [3.63, 3.8) is 0 Å². The van der Waals surface area contributed by atoms with E-state index in [4.69, 9.17) is 14.6 Å². The van der Waals surface area contributed by atoms with E-state index in [0.29, 0.717) is 11.4 Å². The third kappa shape index (κ3) is 8.05. The van der Waals surface area contributed by atoms with Crippen LogP contribution in [0.2, 0.25) is 0 Å². The van der Waals surface area contributed by atoms with E-state index in [0.717, 1.165) is 38.8 Å². The normalized spacial score (nSPS) is 14.2. The second kappa shape index (κ2) is 11.8. The van der Waals surface area contributed by atoms with Crippen LogP contribution in [0.25, 0.3) is 0 Å². The van der Waals surface area contributed by atoms with Crippen LogP contribution in [-0.2, 0) is 14.8 Å². The minimum atomic E-state index is -5.08. The number of ether oxygens (including phenoxy) is 1. The molecule has 1 aliphatic heterocycles. The first-order chi connectivity index (χ1) is 16.3. The molecular formula is C22H25F3N2O7S. The van der Waals surface area contributed by atoms with Gasteiger partial charge in [0.25, 0.3) is 10.0 Å². The van der Waals surface area contributed by atoms with Crippen LogP contribution in [0.15, 0.2) is 47.4 Å². The monoisotopic (exact) mass is 518 g/mol. The Hall–Kier alpha value is -3.48. The smallest absolute Gasteiger partial charge is 0.490 e. The van der Waals surface area contributed by atoms with E-state index < -0.39 is 28.1 Å². The summed E-state index contributed by atoms with van der Waals surface area (Å²) in [4.78, 5) is 22.8. The van der Waals surface area contributed by atoms with Gasteiger partial charge in [-0.15, -0.1) is 0 Å². The average molecular weight is 519 g/mol. The van der Waals surface area contributed by atoms with Gasteiger partial charge in [0.15, 0.2) is 0 Å². The van der Waals surface area contributed by atoms with Gasteiger partial charge in [0, 0.05) is 18.8 Å². The van der Waals surface area contributed by atoms with Crippen molar-refractivity contribution in [3.05, 3.63) is 48.0 Å². The molecule has 1 saturated heterocycles. The van der Waals surface area contributed by atoms with Crippen molar-refractivity contribution in [1.29, 1.82) is 0 Å². The maximum Gasteiger partial charge on any atom is 0.490 e. The summed E-state index contributed by atoms with van der Waals surface area (Å²) in [5, 5.41) is 16.8. The largest absolute Gasteiger partial charge is 0.497 e. The predicted octanol–water partition coefficient (Wildman–Crippen LogP) is 4.21. The molecule has 35 heavy (non-hydrogen) atoms. The molecule has 9 nitrogen and oxygen atoms in total. The highest BCUT2D eigenvalue weighted by molar-refractivity contribution is 7.92. The van der Waals surface area contributed by atoms with Crippen LogP contribution in [0, 0.1) is 0 Å². The van der Waals surface area contributed by atoms with E-state index in [9.17, 15) is 31.5 Å². The highest BCUT2D eigenvalue weighted by Gasteiger charge is 2.38. The minimum absolute atomic E-state index is 0.0711. The van der Waals surface area contributed by atoms with E-state index in [1.807, 2.05) is 0 Å². The summed E-state index contributed by atoms with van der Waals surface area (Å²) in [6, 6.07) is 10.6. The van der Waals surface area contributed by atoms with Crippen molar-refractivity contribution < 1.29 is 46.1 Å². The molecule has 192 valence electrons. The molecule has 1 fully saturated rings. The molecule has 0 radical (unpaired) electrons. The molecule has 0 atom stereocenters. The van der Waals surface area contributed by atoms with Gasteiger partial charge in [-0.3, -0.25) is 4.72 Å². The summed E-state index contributed by atoms with van der Waals surface area (Å²) in [6.07, 6.45) is -0.771. The summed E-state index contributed by atoms with van der Waals surface area (Å²) >= 11 is 0. The van der Waals surface area contributed by atoms with Gasteiger partial charge in [0.05, 0.1) is 23.3 Å². The second-order valence-corrected chi connectivity index (χ2v) is 9.20. The summed E-state index contributed by atoms with van der Waals surface area (Å²) in [5.74, 6) is -3.29. The number of anilines is 2. The summed E-state index contributed by atoms with van der Waals surface area (Å²) in [7, 11) is -2.34. The van der Waals surface area contributed by atoms with Crippen LogP contribution < -0.4 is 14.4 Å². The van der Waals surface area contributed by atoms with Crippen LogP contribution in [0.1, 0.15) is 36.0 Å². The number of aliphatic carboxylic acids is 1. The molecule has 3 N–H and O–H groups in total. The zero-order valence-corrected chi connectivity index (χ0v) is 19.5. The minimum Gasteiger partial charge on any atom is -0.497 e. The Balaban J connectivity index is 0.000000540. The predicted molar refractivity (Wildman–Crippen MR) is 122 cm³/mol. The number of nitrogens with zero attached hydrogens (tertiary/aromatic N) is 1. The molecule has 0 saturated carbocycles. The van der Waals surface area contributed by atoms with E-state index in [-0.39, 0.29) is 16.1 Å². The molecule has 0 spiro atoms. The molecule has 0 unspecified atom stereocenters. The average Bonchev–Trinajstić information content (AvgIpc) is 3.08. The summed E-state index contributed by atoms with van der Waals surface area (Å²) < 4.78 is 64.4. The van der Waals surface area contributed by atoms with Crippen LogP contribution >= 0.6 is 0 Å². The topological polar surface area (TPSA) is 133 Å². The van der Waals surface area contributed by atoms with Gasteiger partial charge in [-0.05, 0) is 55.3 Å². The molecule has 2 aromatic rings. The fourth-order valence-corrected chi connectivity index (χ4v) is 4.38. The highest BCUT2D eigenvalue weighted by Crippen LogP contribution is 2.28. The number of halogens is 3. The number of hydrogen-bond donors (Lipinski definition) is 3. The highest BCUT2D eigenvalue weighted by atomic mass is 32.2. The van der Waals surface area contributed by atoms with Crippen LogP contribution in [0.4, 0.5) is 24.5 Å². The van der Waals surface area contributed by atoms with E-state index in [1.54, 1.807) is 24.3 Å². The van der Waals surface area contributed by atoms with Crippen LogP contribution in [0.5, 0.6) is 5.75 Å². The zero-order chi connectivity index (χ0) is 26.2. The number of sulfonamides is 1. The van der Waals surface area contributed by atoms with Crippen LogP contribution in [0.3, 0.4) is 0 Å². The van der Waals surface area contributed by atoms with Crippen molar-refractivity contribution >= 4 is 33.3 Å². The molecule has 0 bridgehead atoms. The Morgan fingerprint density at radius 3 is 1.97 bits per heavy atom. The Morgan fingerprint density at radius 1 is 0.971 bits per heavy atom. The molecule has 0 amide bonds. The number of rotatable bonds is 6. The van der Waals surface area contributed by atoms with E-state index in [2.05, 4.69) is 9.62 Å². The Morgan fingerprint density at radius 2 is 1.51 bits per heavy atom. The number of carboxylic acids is 2. The summed E-state index contributed by atoms with van der Waals surface area (Å²) in [6.45, 7) is 1.61. The number of alkyl halides is 3. The quantitative estimate of drug-likeness (QED) is 0.518. The lowest BCUT2D eigenvalue weighted by atomic mass is 10.1. The number of nitrogens with one attached hydrogen (secondary N) is 1. The van der Waals surface area contributed by atoms with Gasteiger partial charge in [0.1, 0.15) is 5.75 Å². The van der Waals surface area contributed by atoms with Gasteiger partial charge in [-0.25, -0.2) is 18.0 Å². The molecule has 1 aliphatic rings. The van der Waals surface area contributed by atoms with Crippen molar-refractivity contribution in [2.24, 2.45) is 0 Å². The SMILES string of the molecule is COc1ccc(S(=O)(=O)Nc2ccc(N3CCCCCC3)c(C(=O)O)c2)cc1.O=C(O)C(F)(F)F. The molecular weight excluding hydrogens is 493 g/mol. The van der Waals surface area contributed by atoms with Crippen molar-refractivity contribution in [2.75, 3.05) is 29.8 Å². The van der Waals surface area contributed by atoms with Crippen molar-refractivity contribution in [3.8, 4) is 5.75 Å². The maximum absolute atomic E-state index is 12.6. The number of carbonyl (C=O) groups is 2. The Bertz CT molecular complexity index is 1130. The van der Waals surface area contributed by atoms with Crippen LogP contribution in [-0.4, -0.2) is 56.9 Å². The third-order valence-electron chi connectivity index (χ3n) is 5.04. The lowest BCUT2D eigenvalue weighted by Crippen LogP contribution is -2.26. The van der Waals surface area contributed by atoms with Crippen molar-refractivity contribution in [2.45, 2.75) is 36.8 Å². The second-order valence-electron chi connectivity index (χ2n) is 7.52. The van der Waals surface area contributed by atoms with Gasteiger partial charge in [-0.1, -0.05) is 12.8 Å². The molecule has 2 aromatic carbocycles. The summed E-state index contributed by atoms with van der Waals surface area (Å²) in [5.41, 5.74) is 0.936. The number of carboxylic acid groups (broad SMARTS) is 2. The molecule has 0 aromatic heterocycles. The zero-order valence-electron chi connectivity index (χ0n) is 18.7. The molecule has 1 heterocycles. The first kappa shape index (κ1) is 27.8. The lowest BCUT2D eigenvalue weighted by molar-refractivity contribution is -0.192. The lowest BCUT2D eigenvalue weighted by Gasteiger charge is -2.24. The van der Waals surface area contributed by atoms with E-state index in [1.165, 1.54) is 25.3 Å². The molecule has 13 heteroatoms. The first-order valence-corrected chi connectivity index (χ1v) is 11.9. The van der Waals surface area contributed by atoms with Gasteiger partial charge in [-0.2, -0.15) is 13.2 Å². The number of hydrogen-bond acceptors (Lipinski definition) is 6. The molecule has 3 rings (SSSR count). The van der Waals surface area contributed by atoms with Gasteiger partial charge < -0.3 is 19.8 Å². The van der Waals surface area contributed by atoms with Crippen molar-refractivity contribution in [1.82, 2.24) is 0 Å². The van der Waals surface area contributed by atoms with Gasteiger partial charge >= 0.3 is 18.1 Å². The molecule has 0 aliphatic carbocycles. The van der Waals surface area contributed by atoms with Gasteiger partial charge in [0.2, 0.25) is 0 Å². The standard InChI is InChI=1S/C20H24N2O5S.C2HF3O2/c1-27-16-7-9-17(10-8-16)28(25,26)21-15-6-11-19(18(14-15)20(23)24)22-12-4-2-3-5-13-22;3-2(4,5)1(6)7/h6-11,14,21H,2-5,12-13H2,1H3,(H,23,24);(H,6,7).